The average Bonchev–Trinajstić information content (AvgIpc) is 3.34. The molecule has 1 N–H and O–H groups in total. The first kappa shape index (κ1) is 17.0. The molecule has 0 aromatic heterocycles. The van der Waals surface area contributed by atoms with Crippen molar-refractivity contribution in [2.45, 2.75) is 37.0 Å². The quantitative estimate of drug-likeness (QED) is 0.874. The monoisotopic (exact) mass is 345 g/mol. The summed E-state index contributed by atoms with van der Waals surface area (Å²) in [6.07, 6.45) is 1.99. The van der Waals surface area contributed by atoms with E-state index in [0.29, 0.717) is 11.4 Å². The van der Waals surface area contributed by atoms with E-state index in [1.54, 1.807) is 13.2 Å². The number of hydrogen-bond donors (Lipinski definition) is 1. The van der Waals surface area contributed by atoms with Crippen molar-refractivity contribution in [3.63, 3.8) is 0 Å². The van der Waals surface area contributed by atoms with Gasteiger partial charge in [0.25, 0.3) is 0 Å². The first-order chi connectivity index (χ1) is 11.4. The molecule has 2 aromatic rings. The molecule has 5 heteroatoms. The Morgan fingerprint density at radius 1 is 1.08 bits per heavy atom. The van der Waals surface area contributed by atoms with E-state index >= 15 is 0 Å². The lowest BCUT2D eigenvalue weighted by atomic mass is 9.96. The lowest BCUT2D eigenvalue weighted by Crippen LogP contribution is -2.32. The first-order valence-corrected chi connectivity index (χ1v) is 9.56. The molecule has 24 heavy (non-hydrogen) atoms. The van der Waals surface area contributed by atoms with Gasteiger partial charge in [0.1, 0.15) is 5.75 Å². The third kappa shape index (κ3) is 3.32. The highest BCUT2D eigenvalue weighted by atomic mass is 32.2. The Morgan fingerprint density at radius 3 is 2.29 bits per heavy atom. The molecule has 3 rings (SSSR count). The molecule has 1 aliphatic rings. The third-order valence-electron chi connectivity index (χ3n) is 4.78. The summed E-state index contributed by atoms with van der Waals surface area (Å²) >= 11 is 0. The van der Waals surface area contributed by atoms with E-state index < -0.39 is 10.0 Å². The van der Waals surface area contributed by atoms with Gasteiger partial charge >= 0.3 is 0 Å². The molecule has 2 aromatic carbocycles. The predicted molar refractivity (Wildman–Crippen MR) is 95.0 cm³/mol. The second-order valence-electron chi connectivity index (χ2n) is 6.60. The minimum Gasteiger partial charge on any atom is -0.497 e. The maximum absolute atomic E-state index is 12.6. The van der Waals surface area contributed by atoms with Crippen LogP contribution in [-0.4, -0.2) is 22.1 Å². The number of aryl methyl sites for hydroxylation is 2. The van der Waals surface area contributed by atoms with Gasteiger partial charge in [-0.3, -0.25) is 0 Å². The van der Waals surface area contributed by atoms with Gasteiger partial charge in [-0.2, -0.15) is 0 Å². The van der Waals surface area contributed by atoms with Crippen LogP contribution in [0.4, 0.5) is 0 Å². The van der Waals surface area contributed by atoms with Gasteiger partial charge in [-0.05, 0) is 56.0 Å². The molecule has 1 saturated carbocycles. The van der Waals surface area contributed by atoms with E-state index in [1.807, 2.05) is 50.2 Å². The standard InChI is InChI=1S/C19H23NO3S/c1-14-4-9-18(15(2)12-14)24(21,22)20-13-19(10-11-19)16-5-7-17(23-3)8-6-16/h4-9,12,20H,10-11,13H2,1-3H3. The normalized spacial score (nSPS) is 16.0. The molecule has 0 unspecified atom stereocenters. The molecule has 0 saturated heterocycles. The van der Waals surface area contributed by atoms with Crippen LogP contribution in [0.5, 0.6) is 5.75 Å². The molecular formula is C19H23NO3S. The smallest absolute Gasteiger partial charge is 0.240 e. The van der Waals surface area contributed by atoms with Crippen molar-refractivity contribution in [3.05, 3.63) is 59.2 Å². The second kappa shape index (κ2) is 6.22. The molecule has 0 heterocycles. The molecule has 0 amide bonds. The summed E-state index contributed by atoms with van der Waals surface area (Å²) in [5.74, 6) is 0.811. The Balaban J connectivity index is 1.76. The number of nitrogens with one attached hydrogen (secondary N) is 1. The maximum Gasteiger partial charge on any atom is 0.240 e. The average molecular weight is 345 g/mol. The zero-order valence-corrected chi connectivity index (χ0v) is 15.1. The summed E-state index contributed by atoms with van der Waals surface area (Å²) in [6, 6.07) is 13.3. The van der Waals surface area contributed by atoms with E-state index in [4.69, 9.17) is 4.74 Å². The molecular weight excluding hydrogens is 322 g/mol. The zero-order valence-electron chi connectivity index (χ0n) is 14.3. The van der Waals surface area contributed by atoms with Gasteiger partial charge in [0, 0.05) is 12.0 Å². The van der Waals surface area contributed by atoms with Crippen LogP contribution in [0.1, 0.15) is 29.5 Å². The van der Waals surface area contributed by atoms with Crippen LogP contribution in [0.2, 0.25) is 0 Å². The Hall–Kier alpha value is -1.85. The molecule has 1 aliphatic carbocycles. The molecule has 0 aliphatic heterocycles. The zero-order chi connectivity index (χ0) is 17.4. The van der Waals surface area contributed by atoms with Crippen LogP contribution in [0.3, 0.4) is 0 Å². The molecule has 1 fully saturated rings. The topological polar surface area (TPSA) is 55.4 Å². The number of benzene rings is 2. The summed E-state index contributed by atoms with van der Waals surface area (Å²) < 4.78 is 33.3. The largest absolute Gasteiger partial charge is 0.497 e. The van der Waals surface area contributed by atoms with Crippen molar-refractivity contribution in [2.24, 2.45) is 0 Å². The Morgan fingerprint density at radius 2 is 1.75 bits per heavy atom. The van der Waals surface area contributed by atoms with Crippen LogP contribution in [-0.2, 0) is 15.4 Å². The van der Waals surface area contributed by atoms with Crippen LogP contribution in [0.25, 0.3) is 0 Å². The van der Waals surface area contributed by atoms with Gasteiger partial charge in [-0.25, -0.2) is 13.1 Å². The van der Waals surface area contributed by atoms with Crippen molar-refractivity contribution >= 4 is 10.0 Å². The fourth-order valence-electron chi connectivity index (χ4n) is 3.07. The lowest BCUT2D eigenvalue weighted by Gasteiger charge is -2.18. The van der Waals surface area contributed by atoms with Crippen LogP contribution < -0.4 is 9.46 Å². The third-order valence-corrected chi connectivity index (χ3v) is 6.34. The molecule has 4 nitrogen and oxygen atoms in total. The highest BCUT2D eigenvalue weighted by molar-refractivity contribution is 7.89. The summed E-state index contributed by atoms with van der Waals surface area (Å²) in [5.41, 5.74) is 2.91. The van der Waals surface area contributed by atoms with Crippen molar-refractivity contribution < 1.29 is 13.2 Å². The van der Waals surface area contributed by atoms with Crippen molar-refractivity contribution in [1.82, 2.24) is 4.72 Å². The Bertz CT molecular complexity index is 837. The van der Waals surface area contributed by atoms with Crippen molar-refractivity contribution in [2.75, 3.05) is 13.7 Å². The lowest BCUT2D eigenvalue weighted by molar-refractivity contribution is 0.414. The molecule has 128 valence electrons. The molecule has 0 atom stereocenters. The van der Waals surface area contributed by atoms with Gasteiger partial charge in [0.2, 0.25) is 10.0 Å². The number of ether oxygens (including phenoxy) is 1. The summed E-state index contributed by atoms with van der Waals surface area (Å²) in [7, 11) is -1.86. The van der Waals surface area contributed by atoms with Gasteiger partial charge in [-0.15, -0.1) is 0 Å². The van der Waals surface area contributed by atoms with Crippen molar-refractivity contribution in [1.29, 1.82) is 0 Å². The number of rotatable bonds is 6. The fraction of sp³-hybridized carbons (Fsp3) is 0.368. The first-order valence-electron chi connectivity index (χ1n) is 8.08. The number of methoxy groups -OCH3 is 1. The molecule has 0 radical (unpaired) electrons. The maximum atomic E-state index is 12.6. The van der Waals surface area contributed by atoms with Gasteiger partial charge in [0.05, 0.1) is 12.0 Å². The summed E-state index contributed by atoms with van der Waals surface area (Å²) in [6.45, 7) is 4.21. The van der Waals surface area contributed by atoms with Crippen LogP contribution in [0, 0.1) is 13.8 Å². The van der Waals surface area contributed by atoms with Crippen LogP contribution >= 0.6 is 0 Å². The van der Waals surface area contributed by atoms with E-state index in [2.05, 4.69) is 4.72 Å². The second-order valence-corrected chi connectivity index (χ2v) is 8.34. The highest BCUT2D eigenvalue weighted by Crippen LogP contribution is 2.48. The Kier molecular flexibility index (Phi) is 4.40. The minimum atomic E-state index is -3.50. The van der Waals surface area contributed by atoms with Gasteiger partial charge in [0.15, 0.2) is 0 Å². The summed E-state index contributed by atoms with van der Waals surface area (Å²) in [4.78, 5) is 0.360. The molecule has 0 spiro atoms. The van der Waals surface area contributed by atoms with E-state index in [9.17, 15) is 8.42 Å². The predicted octanol–water partition coefficient (Wildman–Crippen LogP) is 3.32. The van der Waals surface area contributed by atoms with Crippen molar-refractivity contribution in [3.8, 4) is 5.75 Å². The van der Waals surface area contributed by atoms with Gasteiger partial charge < -0.3 is 4.74 Å². The van der Waals surface area contributed by atoms with E-state index in [1.165, 1.54) is 0 Å². The van der Waals surface area contributed by atoms with E-state index in [0.717, 1.165) is 35.3 Å². The van der Waals surface area contributed by atoms with E-state index in [-0.39, 0.29) is 5.41 Å². The number of hydrogen-bond acceptors (Lipinski definition) is 3. The van der Waals surface area contributed by atoms with Gasteiger partial charge in [-0.1, -0.05) is 29.8 Å². The minimum absolute atomic E-state index is 0.0854. The van der Waals surface area contributed by atoms with Crippen LogP contribution in [0.15, 0.2) is 47.4 Å². The number of sulfonamides is 1. The SMILES string of the molecule is COc1ccc(C2(CNS(=O)(=O)c3ccc(C)cc3C)CC2)cc1. The Labute approximate surface area is 143 Å². The summed E-state index contributed by atoms with van der Waals surface area (Å²) in [5, 5.41) is 0. The highest BCUT2D eigenvalue weighted by Gasteiger charge is 2.44. The fourth-order valence-corrected chi connectivity index (χ4v) is 4.43. The molecule has 0 bridgehead atoms.